The van der Waals surface area contributed by atoms with Crippen LogP contribution in [-0.2, 0) is 13.1 Å². The van der Waals surface area contributed by atoms with Crippen molar-refractivity contribution in [1.29, 1.82) is 0 Å². The first kappa shape index (κ1) is 19.3. The van der Waals surface area contributed by atoms with Crippen LogP contribution >= 0.6 is 11.3 Å². The zero-order valence-electron chi connectivity index (χ0n) is 14.9. The Hall–Kier alpha value is -3.46. The molecule has 3 aromatic rings. The number of thiophene rings is 1. The van der Waals surface area contributed by atoms with Crippen molar-refractivity contribution in [2.45, 2.75) is 20.0 Å². The number of nitrogens with one attached hydrogen (secondary N) is 2. The number of nitrogens with zero attached hydrogens (tertiary/aromatic N) is 1. The minimum absolute atomic E-state index is 0.0645. The zero-order valence-corrected chi connectivity index (χ0v) is 15.7. The minimum Gasteiger partial charge on any atom is -0.467 e. The van der Waals surface area contributed by atoms with Crippen molar-refractivity contribution < 1.29 is 18.9 Å². The average molecular weight is 399 g/mol. The van der Waals surface area contributed by atoms with E-state index in [0.717, 1.165) is 16.9 Å². The molecule has 2 amide bonds. The van der Waals surface area contributed by atoms with E-state index in [1.165, 1.54) is 12.3 Å². The molecule has 28 heavy (non-hydrogen) atoms. The Morgan fingerprint density at radius 2 is 1.89 bits per heavy atom. The molecule has 2 aromatic heterocycles. The maximum atomic E-state index is 12.3. The molecule has 9 heteroatoms. The van der Waals surface area contributed by atoms with E-state index in [0.29, 0.717) is 16.2 Å². The van der Waals surface area contributed by atoms with Gasteiger partial charge in [-0.15, -0.1) is 11.3 Å². The second-order valence-electron chi connectivity index (χ2n) is 5.95. The molecule has 0 saturated carbocycles. The SMILES string of the molecule is Cc1sc(C(=O)NCc2cccc(C(=O)NCc3ccco3)c2)cc1[N+](=O)[O-]. The molecule has 3 rings (SSSR count). The molecule has 0 unspecified atom stereocenters. The molecule has 2 N–H and O–H groups in total. The Kier molecular flexibility index (Phi) is 5.85. The van der Waals surface area contributed by atoms with E-state index in [1.54, 1.807) is 43.3 Å². The van der Waals surface area contributed by atoms with E-state index in [1.807, 2.05) is 0 Å². The number of amides is 2. The van der Waals surface area contributed by atoms with Gasteiger partial charge < -0.3 is 15.1 Å². The molecule has 1 aromatic carbocycles. The van der Waals surface area contributed by atoms with Crippen LogP contribution in [0.1, 0.15) is 36.2 Å². The fourth-order valence-corrected chi connectivity index (χ4v) is 3.44. The Morgan fingerprint density at radius 1 is 1.11 bits per heavy atom. The monoisotopic (exact) mass is 399 g/mol. The number of rotatable bonds is 7. The topological polar surface area (TPSA) is 114 Å². The van der Waals surface area contributed by atoms with E-state index < -0.39 is 10.8 Å². The van der Waals surface area contributed by atoms with E-state index in [9.17, 15) is 19.7 Å². The molecular formula is C19H17N3O5S. The van der Waals surface area contributed by atoms with Crippen LogP contribution in [0.25, 0.3) is 0 Å². The van der Waals surface area contributed by atoms with Crippen molar-refractivity contribution in [3.63, 3.8) is 0 Å². The van der Waals surface area contributed by atoms with Gasteiger partial charge in [0.2, 0.25) is 0 Å². The first-order chi connectivity index (χ1) is 13.4. The van der Waals surface area contributed by atoms with Crippen LogP contribution in [0.3, 0.4) is 0 Å². The van der Waals surface area contributed by atoms with Crippen molar-refractivity contribution in [3.05, 3.63) is 85.5 Å². The molecule has 2 heterocycles. The minimum atomic E-state index is -0.507. The number of hydrogen-bond donors (Lipinski definition) is 2. The molecule has 0 aliphatic heterocycles. The molecule has 0 radical (unpaired) electrons. The molecule has 0 spiro atoms. The number of carbonyl (C=O) groups excluding carboxylic acids is 2. The van der Waals surface area contributed by atoms with Crippen LogP contribution < -0.4 is 10.6 Å². The summed E-state index contributed by atoms with van der Waals surface area (Å²) in [6.07, 6.45) is 1.54. The summed E-state index contributed by atoms with van der Waals surface area (Å²) >= 11 is 1.07. The maximum Gasteiger partial charge on any atom is 0.283 e. The fraction of sp³-hybridized carbons (Fsp3) is 0.158. The number of nitro groups is 1. The van der Waals surface area contributed by atoms with Gasteiger partial charge in [0.15, 0.2) is 0 Å². The number of aryl methyl sites for hydroxylation is 1. The van der Waals surface area contributed by atoms with Gasteiger partial charge >= 0.3 is 0 Å². The molecule has 144 valence electrons. The quantitative estimate of drug-likeness (QED) is 0.467. The van der Waals surface area contributed by atoms with Crippen LogP contribution in [0, 0.1) is 17.0 Å². The third kappa shape index (κ3) is 4.63. The highest BCUT2D eigenvalue weighted by Gasteiger charge is 2.19. The van der Waals surface area contributed by atoms with Gasteiger partial charge in [0, 0.05) is 18.2 Å². The summed E-state index contributed by atoms with van der Waals surface area (Å²) in [5.74, 6) is 0.0000551. The van der Waals surface area contributed by atoms with Gasteiger partial charge in [-0.1, -0.05) is 12.1 Å². The van der Waals surface area contributed by atoms with Gasteiger partial charge in [0.25, 0.3) is 17.5 Å². The Balaban J connectivity index is 1.59. The molecule has 0 aliphatic rings. The molecular weight excluding hydrogens is 382 g/mol. The summed E-state index contributed by atoms with van der Waals surface area (Å²) in [6.45, 7) is 2.08. The summed E-state index contributed by atoms with van der Waals surface area (Å²) in [6, 6.07) is 11.6. The number of carbonyl (C=O) groups is 2. The summed E-state index contributed by atoms with van der Waals surface area (Å²) < 4.78 is 5.17. The lowest BCUT2D eigenvalue weighted by atomic mass is 10.1. The molecule has 0 fully saturated rings. The first-order valence-corrected chi connectivity index (χ1v) is 9.18. The van der Waals surface area contributed by atoms with Crippen LogP contribution in [-0.4, -0.2) is 16.7 Å². The lowest BCUT2D eigenvalue weighted by molar-refractivity contribution is -0.385. The van der Waals surface area contributed by atoms with Gasteiger partial charge in [0.05, 0.1) is 27.5 Å². The Labute approximate surface area is 164 Å². The second-order valence-corrected chi connectivity index (χ2v) is 7.21. The van der Waals surface area contributed by atoms with Gasteiger partial charge in [-0.3, -0.25) is 19.7 Å². The van der Waals surface area contributed by atoms with Crippen LogP contribution in [0.4, 0.5) is 5.69 Å². The summed E-state index contributed by atoms with van der Waals surface area (Å²) in [5.41, 5.74) is 1.13. The van der Waals surface area contributed by atoms with Gasteiger partial charge in [-0.2, -0.15) is 0 Å². The molecule has 0 bridgehead atoms. The molecule has 0 aliphatic carbocycles. The normalized spacial score (nSPS) is 10.5. The van der Waals surface area contributed by atoms with Crippen LogP contribution in [0.5, 0.6) is 0 Å². The second kappa shape index (κ2) is 8.49. The predicted octanol–water partition coefficient (Wildman–Crippen LogP) is 3.42. The molecule has 0 atom stereocenters. The van der Waals surface area contributed by atoms with Crippen molar-refractivity contribution >= 4 is 28.8 Å². The predicted molar refractivity (Wildman–Crippen MR) is 103 cm³/mol. The van der Waals surface area contributed by atoms with E-state index in [2.05, 4.69) is 10.6 Å². The Morgan fingerprint density at radius 3 is 2.57 bits per heavy atom. The zero-order chi connectivity index (χ0) is 20.1. The molecule has 8 nitrogen and oxygen atoms in total. The average Bonchev–Trinajstić information content (AvgIpc) is 3.34. The fourth-order valence-electron chi connectivity index (χ4n) is 2.54. The highest BCUT2D eigenvalue weighted by molar-refractivity contribution is 7.14. The first-order valence-electron chi connectivity index (χ1n) is 8.36. The standard InChI is InChI=1S/C19H17N3O5S/c1-12-16(22(25)26)9-17(28-12)19(24)20-10-13-4-2-5-14(8-13)18(23)21-11-15-6-3-7-27-15/h2-9H,10-11H2,1H3,(H,20,24)(H,21,23). The highest BCUT2D eigenvalue weighted by atomic mass is 32.1. The van der Waals surface area contributed by atoms with Crippen LogP contribution in [0.2, 0.25) is 0 Å². The summed E-state index contributed by atoms with van der Waals surface area (Å²) in [7, 11) is 0. The van der Waals surface area contributed by atoms with E-state index in [-0.39, 0.29) is 29.6 Å². The maximum absolute atomic E-state index is 12.3. The highest BCUT2D eigenvalue weighted by Crippen LogP contribution is 2.27. The van der Waals surface area contributed by atoms with Crippen molar-refractivity contribution in [2.24, 2.45) is 0 Å². The largest absolute Gasteiger partial charge is 0.467 e. The smallest absolute Gasteiger partial charge is 0.283 e. The lowest BCUT2D eigenvalue weighted by Gasteiger charge is -2.07. The van der Waals surface area contributed by atoms with Crippen molar-refractivity contribution in [3.8, 4) is 0 Å². The Bertz CT molecular complexity index is 1010. The summed E-state index contributed by atoms with van der Waals surface area (Å²) in [5, 5.41) is 16.4. The van der Waals surface area contributed by atoms with Crippen LogP contribution in [0.15, 0.2) is 53.1 Å². The van der Waals surface area contributed by atoms with Crippen molar-refractivity contribution in [1.82, 2.24) is 10.6 Å². The van der Waals surface area contributed by atoms with Gasteiger partial charge in [-0.05, 0) is 36.8 Å². The number of hydrogen-bond acceptors (Lipinski definition) is 6. The van der Waals surface area contributed by atoms with Crippen molar-refractivity contribution in [2.75, 3.05) is 0 Å². The number of benzene rings is 1. The lowest BCUT2D eigenvalue weighted by Crippen LogP contribution is -2.24. The van der Waals surface area contributed by atoms with E-state index >= 15 is 0 Å². The number of furan rings is 1. The van der Waals surface area contributed by atoms with Gasteiger partial charge in [-0.25, -0.2) is 0 Å². The third-order valence-electron chi connectivity index (χ3n) is 3.96. The van der Waals surface area contributed by atoms with Gasteiger partial charge in [0.1, 0.15) is 5.76 Å². The summed E-state index contributed by atoms with van der Waals surface area (Å²) in [4.78, 5) is 35.6. The van der Waals surface area contributed by atoms with E-state index in [4.69, 9.17) is 4.42 Å². The molecule has 0 saturated heterocycles. The third-order valence-corrected chi connectivity index (χ3v) is 5.00.